The number of rotatable bonds is 7. The van der Waals surface area contributed by atoms with Crippen molar-refractivity contribution in [1.82, 2.24) is 10.3 Å². The Labute approximate surface area is 168 Å². The van der Waals surface area contributed by atoms with Crippen LogP contribution in [-0.4, -0.2) is 35.5 Å². The molecule has 1 amide bonds. The Kier molecular flexibility index (Phi) is 7.23. The fourth-order valence-electron chi connectivity index (χ4n) is 2.70. The van der Waals surface area contributed by atoms with Crippen LogP contribution >= 0.6 is 11.6 Å². The molecule has 1 atom stereocenters. The smallest absolute Gasteiger partial charge is 0.355 e. The number of aryl methyl sites for hydroxylation is 1. The summed E-state index contributed by atoms with van der Waals surface area (Å²) in [5.41, 5.74) is 2.09. The molecule has 8 heteroatoms. The lowest BCUT2D eigenvalue weighted by Gasteiger charge is -2.14. The highest BCUT2D eigenvalue weighted by molar-refractivity contribution is 6.31. The molecule has 0 fully saturated rings. The summed E-state index contributed by atoms with van der Waals surface area (Å²) >= 11 is 6.06. The van der Waals surface area contributed by atoms with Gasteiger partial charge >= 0.3 is 11.9 Å². The first kappa shape index (κ1) is 21.5. The molecule has 0 saturated heterocycles. The second-order valence-electron chi connectivity index (χ2n) is 6.20. The van der Waals surface area contributed by atoms with E-state index in [1.807, 2.05) is 6.07 Å². The third kappa shape index (κ3) is 4.92. The summed E-state index contributed by atoms with van der Waals surface area (Å²) in [4.78, 5) is 39.5. The molecule has 28 heavy (non-hydrogen) atoms. The molecule has 1 aromatic heterocycles. The Hall–Kier alpha value is -2.80. The maximum atomic E-state index is 12.4. The lowest BCUT2D eigenvalue weighted by Crippen LogP contribution is -2.35. The summed E-state index contributed by atoms with van der Waals surface area (Å²) in [6, 6.07) is 7.13. The summed E-state index contributed by atoms with van der Waals surface area (Å²) in [6.07, 6.45) is -1.02. The molecule has 7 nitrogen and oxygen atoms in total. The zero-order valence-electron chi connectivity index (χ0n) is 16.2. The third-order valence-electron chi connectivity index (χ3n) is 4.19. The molecule has 0 bridgehead atoms. The summed E-state index contributed by atoms with van der Waals surface area (Å²) in [5.74, 6) is -1.70. The van der Waals surface area contributed by atoms with E-state index in [1.54, 1.807) is 39.0 Å². The van der Waals surface area contributed by atoms with Gasteiger partial charge in [-0.05, 0) is 44.9 Å². The molecule has 1 heterocycles. The Morgan fingerprint density at radius 1 is 1.18 bits per heavy atom. The quantitative estimate of drug-likeness (QED) is 0.687. The van der Waals surface area contributed by atoms with Crippen LogP contribution in [-0.2, 0) is 20.8 Å². The summed E-state index contributed by atoms with van der Waals surface area (Å²) in [6.45, 7) is 6.90. The summed E-state index contributed by atoms with van der Waals surface area (Å²) in [7, 11) is 0. The number of ether oxygens (including phenoxy) is 2. The molecule has 0 spiro atoms. The van der Waals surface area contributed by atoms with Gasteiger partial charge in [-0.25, -0.2) is 9.59 Å². The van der Waals surface area contributed by atoms with Crippen LogP contribution in [0.25, 0.3) is 0 Å². The number of hydrogen-bond donors (Lipinski definition) is 2. The molecular weight excluding hydrogens is 384 g/mol. The molecule has 2 aromatic rings. The second-order valence-corrected chi connectivity index (χ2v) is 6.61. The van der Waals surface area contributed by atoms with Gasteiger partial charge in [-0.15, -0.1) is 0 Å². The van der Waals surface area contributed by atoms with Gasteiger partial charge in [0.25, 0.3) is 5.91 Å². The average molecular weight is 407 g/mol. The van der Waals surface area contributed by atoms with Gasteiger partial charge < -0.3 is 19.8 Å². The lowest BCUT2D eigenvalue weighted by atomic mass is 10.1. The number of amides is 1. The van der Waals surface area contributed by atoms with Crippen molar-refractivity contribution in [3.8, 4) is 0 Å². The maximum Gasteiger partial charge on any atom is 0.355 e. The van der Waals surface area contributed by atoms with Crippen molar-refractivity contribution < 1.29 is 23.9 Å². The topological polar surface area (TPSA) is 97.5 Å². The van der Waals surface area contributed by atoms with Crippen LogP contribution in [0.15, 0.2) is 24.3 Å². The minimum atomic E-state index is -1.02. The summed E-state index contributed by atoms with van der Waals surface area (Å²) in [5, 5.41) is 3.22. The van der Waals surface area contributed by atoms with Gasteiger partial charge in [0, 0.05) is 17.3 Å². The molecule has 150 valence electrons. The highest BCUT2D eigenvalue weighted by Crippen LogP contribution is 2.20. The molecule has 0 radical (unpaired) electrons. The fourth-order valence-corrected chi connectivity index (χ4v) is 2.91. The van der Waals surface area contributed by atoms with E-state index in [0.717, 1.165) is 5.56 Å². The number of nitrogens with one attached hydrogen (secondary N) is 2. The van der Waals surface area contributed by atoms with Gasteiger partial charge in [0.1, 0.15) is 5.69 Å². The number of benzene rings is 1. The van der Waals surface area contributed by atoms with Gasteiger partial charge in [-0.3, -0.25) is 4.79 Å². The highest BCUT2D eigenvalue weighted by atomic mass is 35.5. The van der Waals surface area contributed by atoms with Gasteiger partial charge in [0.05, 0.1) is 12.2 Å². The first-order chi connectivity index (χ1) is 13.3. The molecule has 2 rings (SSSR count). The van der Waals surface area contributed by atoms with Crippen LogP contribution in [0.2, 0.25) is 5.02 Å². The molecule has 2 N–H and O–H groups in total. The number of H-pyrrole nitrogens is 1. The van der Waals surface area contributed by atoms with Gasteiger partial charge in [-0.1, -0.05) is 29.8 Å². The second kappa shape index (κ2) is 9.41. The predicted octanol–water partition coefficient (Wildman–Crippen LogP) is 3.32. The van der Waals surface area contributed by atoms with Crippen molar-refractivity contribution in [3.63, 3.8) is 0 Å². The first-order valence-electron chi connectivity index (χ1n) is 8.84. The maximum absolute atomic E-state index is 12.4. The van der Waals surface area contributed by atoms with Crippen molar-refractivity contribution >= 4 is 29.4 Å². The van der Waals surface area contributed by atoms with E-state index in [0.29, 0.717) is 21.8 Å². The number of hydrogen-bond acceptors (Lipinski definition) is 5. The fraction of sp³-hybridized carbons (Fsp3) is 0.350. The first-order valence-corrected chi connectivity index (χ1v) is 9.22. The molecule has 0 aliphatic carbocycles. The van der Waals surface area contributed by atoms with E-state index in [-0.39, 0.29) is 18.8 Å². The number of carbonyl (C=O) groups excluding carboxylic acids is 3. The number of aromatic amines is 1. The number of esters is 2. The third-order valence-corrected chi connectivity index (χ3v) is 4.55. The van der Waals surface area contributed by atoms with Crippen LogP contribution in [0.5, 0.6) is 0 Å². The number of halogens is 1. The van der Waals surface area contributed by atoms with Crippen LogP contribution in [0.1, 0.15) is 51.5 Å². The number of aromatic nitrogens is 1. The van der Waals surface area contributed by atoms with Crippen LogP contribution in [0, 0.1) is 13.8 Å². The van der Waals surface area contributed by atoms with Crippen LogP contribution in [0.3, 0.4) is 0 Å². The van der Waals surface area contributed by atoms with Crippen molar-refractivity contribution in [2.45, 2.75) is 40.3 Å². The van der Waals surface area contributed by atoms with E-state index in [9.17, 15) is 14.4 Å². The minimum Gasteiger partial charge on any atom is -0.462 e. The molecule has 1 unspecified atom stereocenters. The van der Waals surface area contributed by atoms with E-state index in [4.69, 9.17) is 21.1 Å². The summed E-state index contributed by atoms with van der Waals surface area (Å²) < 4.78 is 10.2. The lowest BCUT2D eigenvalue weighted by molar-refractivity contribution is -0.129. The Morgan fingerprint density at radius 3 is 2.50 bits per heavy atom. The highest BCUT2D eigenvalue weighted by Gasteiger charge is 2.26. The zero-order chi connectivity index (χ0) is 20.8. The van der Waals surface area contributed by atoms with E-state index in [2.05, 4.69) is 10.3 Å². The normalized spacial score (nSPS) is 11.6. The van der Waals surface area contributed by atoms with Crippen LogP contribution < -0.4 is 5.32 Å². The van der Waals surface area contributed by atoms with Crippen molar-refractivity contribution in [2.75, 3.05) is 6.61 Å². The van der Waals surface area contributed by atoms with Gasteiger partial charge in [0.2, 0.25) is 0 Å². The minimum absolute atomic E-state index is 0.117. The Morgan fingerprint density at radius 2 is 1.86 bits per heavy atom. The molecular formula is C20H23ClN2O5. The van der Waals surface area contributed by atoms with Gasteiger partial charge in [-0.2, -0.15) is 0 Å². The number of carbonyl (C=O) groups is 3. The van der Waals surface area contributed by atoms with Crippen molar-refractivity contribution in [1.29, 1.82) is 0 Å². The molecule has 0 aliphatic rings. The largest absolute Gasteiger partial charge is 0.462 e. The van der Waals surface area contributed by atoms with E-state index < -0.39 is 23.9 Å². The molecule has 1 aromatic carbocycles. The molecule has 0 saturated carbocycles. The monoisotopic (exact) mass is 406 g/mol. The zero-order valence-corrected chi connectivity index (χ0v) is 17.0. The SMILES string of the molecule is CCOC(=O)c1c(C)[nH]c(C(=O)OC(C)C(=O)NCc2ccccc2Cl)c1C. The molecule has 0 aliphatic heterocycles. The van der Waals surface area contributed by atoms with Crippen LogP contribution in [0.4, 0.5) is 0 Å². The van der Waals surface area contributed by atoms with Crippen molar-refractivity contribution in [3.05, 3.63) is 57.4 Å². The predicted molar refractivity (Wildman–Crippen MR) is 104 cm³/mol. The Bertz CT molecular complexity index is 891. The Balaban J connectivity index is 2.02. The average Bonchev–Trinajstić information content (AvgIpc) is 2.95. The van der Waals surface area contributed by atoms with E-state index >= 15 is 0 Å². The standard InChI is InChI=1S/C20H23ClN2O5/c1-5-27-19(25)16-11(2)17(23-12(16)3)20(26)28-13(4)18(24)22-10-14-8-6-7-9-15(14)21/h6-9,13,23H,5,10H2,1-4H3,(H,22,24). The van der Waals surface area contributed by atoms with Gasteiger partial charge in [0.15, 0.2) is 6.10 Å². The van der Waals surface area contributed by atoms with Crippen molar-refractivity contribution in [2.24, 2.45) is 0 Å². The van der Waals surface area contributed by atoms with E-state index in [1.165, 1.54) is 6.92 Å².